The van der Waals surface area contributed by atoms with Crippen molar-refractivity contribution in [3.63, 3.8) is 0 Å². The summed E-state index contributed by atoms with van der Waals surface area (Å²) < 4.78 is 14.4. The lowest BCUT2D eigenvalue weighted by Crippen LogP contribution is -2.23. The summed E-state index contributed by atoms with van der Waals surface area (Å²) in [5, 5.41) is 3.43. The van der Waals surface area contributed by atoms with Gasteiger partial charge in [-0.3, -0.25) is 0 Å². The lowest BCUT2D eigenvalue weighted by Gasteiger charge is -2.20. The first-order valence-electron chi connectivity index (χ1n) is 7.32. The van der Waals surface area contributed by atoms with Crippen LogP contribution in [0.5, 0.6) is 0 Å². The van der Waals surface area contributed by atoms with Gasteiger partial charge in [0.2, 0.25) is 0 Å². The first-order chi connectivity index (χ1) is 10.1. The normalized spacial score (nSPS) is 12.4. The molecule has 2 rings (SSSR count). The summed E-state index contributed by atoms with van der Waals surface area (Å²) in [7, 11) is 0. The fourth-order valence-corrected chi connectivity index (χ4v) is 3.18. The van der Waals surface area contributed by atoms with E-state index < -0.39 is 0 Å². The van der Waals surface area contributed by atoms with Crippen molar-refractivity contribution in [3.05, 3.63) is 69.4 Å². The minimum Gasteiger partial charge on any atom is -0.316 e. The number of benzene rings is 2. The van der Waals surface area contributed by atoms with E-state index in [0.717, 1.165) is 29.5 Å². The third-order valence-electron chi connectivity index (χ3n) is 3.76. The smallest absolute Gasteiger partial charge is 0.123 e. The zero-order valence-electron chi connectivity index (χ0n) is 12.5. The minimum atomic E-state index is -0.166. The zero-order chi connectivity index (χ0) is 15.2. The SMILES string of the molecule is CCNCC(Cc1ccc(F)cc1C)c1ccccc1Br. The topological polar surface area (TPSA) is 12.0 Å². The summed E-state index contributed by atoms with van der Waals surface area (Å²) in [5.41, 5.74) is 3.51. The van der Waals surface area contributed by atoms with Gasteiger partial charge < -0.3 is 5.32 Å². The molecule has 1 nitrogen and oxygen atoms in total. The van der Waals surface area contributed by atoms with Crippen molar-refractivity contribution in [2.45, 2.75) is 26.2 Å². The Labute approximate surface area is 134 Å². The summed E-state index contributed by atoms with van der Waals surface area (Å²) in [6.07, 6.45) is 0.904. The average molecular weight is 350 g/mol. The highest BCUT2D eigenvalue weighted by atomic mass is 79.9. The van der Waals surface area contributed by atoms with Gasteiger partial charge in [-0.15, -0.1) is 0 Å². The number of hydrogen-bond donors (Lipinski definition) is 1. The molecule has 21 heavy (non-hydrogen) atoms. The number of halogens is 2. The van der Waals surface area contributed by atoms with Crippen molar-refractivity contribution in [1.29, 1.82) is 0 Å². The van der Waals surface area contributed by atoms with Crippen LogP contribution in [0.15, 0.2) is 46.9 Å². The van der Waals surface area contributed by atoms with Crippen LogP contribution in [0.4, 0.5) is 4.39 Å². The van der Waals surface area contributed by atoms with Gasteiger partial charge in [-0.25, -0.2) is 4.39 Å². The molecule has 1 unspecified atom stereocenters. The number of likely N-dealkylation sites (N-methyl/N-ethyl adjacent to an activating group) is 1. The van der Waals surface area contributed by atoms with Crippen LogP contribution in [0.1, 0.15) is 29.5 Å². The molecular weight excluding hydrogens is 329 g/mol. The summed E-state index contributed by atoms with van der Waals surface area (Å²) in [5.74, 6) is 0.199. The van der Waals surface area contributed by atoms with Gasteiger partial charge in [0.1, 0.15) is 5.82 Å². The van der Waals surface area contributed by atoms with Crippen molar-refractivity contribution in [2.75, 3.05) is 13.1 Å². The van der Waals surface area contributed by atoms with Gasteiger partial charge in [0.05, 0.1) is 0 Å². The van der Waals surface area contributed by atoms with Crippen LogP contribution in [0.3, 0.4) is 0 Å². The van der Waals surface area contributed by atoms with Crippen LogP contribution in [0, 0.1) is 12.7 Å². The van der Waals surface area contributed by atoms with Gasteiger partial charge in [0.25, 0.3) is 0 Å². The van der Waals surface area contributed by atoms with E-state index in [4.69, 9.17) is 0 Å². The molecule has 0 aliphatic carbocycles. The zero-order valence-corrected chi connectivity index (χ0v) is 14.1. The van der Waals surface area contributed by atoms with Crippen molar-refractivity contribution in [2.24, 2.45) is 0 Å². The summed E-state index contributed by atoms with van der Waals surface area (Å²) in [6.45, 7) is 5.95. The molecule has 3 heteroatoms. The van der Waals surface area contributed by atoms with E-state index >= 15 is 0 Å². The monoisotopic (exact) mass is 349 g/mol. The van der Waals surface area contributed by atoms with Gasteiger partial charge in [-0.2, -0.15) is 0 Å². The molecule has 0 fully saturated rings. The largest absolute Gasteiger partial charge is 0.316 e. The molecule has 112 valence electrons. The summed E-state index contributed by atoms with van der Waals surface area (Å²) >= 11 is 3.64. The van der Waals surface area contributed by atoms with E-state index in [2.05, 4.69) is 46.4 Å². The first-order valence-corrected chi connectivity index (χ1v) is 8.11. The third kappa shape index (κ3) is 4.39. The Bertz CT molecular complexity index is 598. The van der Waals surface area contributed by atoms with E-state index in [1.165, 1.54) is 11.1 Å². The van der Waals surface area contributed by atoms with Gasteiger partial charge >= 0.3 is 0 Å². The fraction of sp³-hybridized carbons (Fsp3) is 0.333. The van der Waals surface area contributed by atoms with Gasteiger partial charge in [0.15, 0.2) is 0 Å². The van der Waals surface area contributed by atoms with E-state index in [-0.39, 0.29) is 5.82 Å². The highest BCUT2D eigenvalue weighted by Crippen LogP contribution is 2.28. The van der Waals surface area contributed by atoms with Gasteiger partial charge in [-0.05, 0) is 54.8 Å². The minimum absolute atomic E-state index is 0.166. The maximum absolute atomic E-state index is 13.3. The van der Waals surface area contributed by atoms with Gasteiger partial charge in [-0.1, -0.05) is 47.1 Å². The van der Waals surface area contributed by atoms with Crippen LogP contribution in [0.25, 0.3) is 0 Å². The van der Waals surface area contributed by atoms with E-state index in [1.807, 2.05) is 19.1 Å². The quantitative estimate of drug-likeness (QED) is 0.787. The molecular formula is C18H21BrFN. The summed E-state index contributed by atoms with van der Waals surface area (Å²) in [4.78, 5) is 0. The van der Waals surface area contributed by atoms with Gasteiger partial charge in [0, 0.05) is 16.9 Å². The number of hydrogen-bond acceptors (Lipinski definition) is 1. The predicted octanol–water partition coefficient (Wildman–Crippen LogP) is 4.83. The second-order valence-corrected chi connectivity index (χ2v) is 6.16. The van der Waals surface area contributed by atoms with Crippen LogP contribution >= 0.6 is 15.9 Å². The number of nitrogens with one attached hydrogen (secondary N) is 1. The Balaban J connectivity index is 2.26. The molecule has 1 atom stereocenters. The maximum Gasteiger partial charge on any atom is 0.123 e. The number of aryl methyl sites for hydroxylation is 1. The highest BCUT2D eigenvalue weighted by Gasteiger charge is 2.16. The van der Waals surface area contributed by atoms with Crippen molar-refractivity contribution in [1.82, 2.24) is 5.32 Å². The standard InChI is InChI=1S/C18H21BrFN/c1-3-21-12-15(17-6-4-5-7-18(17)19)11-14-8-9-16(20)10-13(14)2/h4-10,15,21H,3,11-12H2,1-2H3. The Morgan fingerprint density at radius 3 is 2.62 bits per heavy atom. The molecule has 0 amide bonds. The molecule has 0 aliphatic rings. The molecule has 0 saturated carbocycles. The average Bonchev–Trinajstić information content (AvgIpc) is 2.46. The molecule has 2 aromatic rings. The second kappa shape index (κ2) is 7.71. The lowest BCUT2D eigenvalue weighted by atomic mass is 9.90. The molecule has 0 saturated heterocycles. The molecule has 0 aromatic heterocycles. The van der Waals surface area contributed by atoms with E-state index in [0.29, 0.717) is 5.92 Å². The lowest BCUT2D eigenvalue weighted by molar-refractivity contribution is 0.589. The third-order valence-corrected chi connectivity index (χ3v) is 4.48. The Morgan fingerprint density at radius 2 is 1.95 bits per heavy atom. The fourth-order valence-electron chi connectivity index (χ4n) is 2.57. The molecule has 0 spiro atoms. The van der Waals surface area contributed by atoms with Crippen LogP contribution in [-0.2, 0) is 6.42 Å². The maximum atomic E-state index is 13.3. The van der Waals surface area contributed by atoms with Crippen molar-refractivity contribution < 1.29 is 4.39 Å². The molecule has 0 heterocycles. The highest BCUT2D eigenvalue weighted by molar-refractivity contribution is 9.10. The predicted molar refractivity (Wildman–Crippen MR) is 90.3 cm³/mol. The van der Waals surface area contributed by atoms with Crippen molar-refractivity contribution >= 4 is 15.9 Å². The van der Waals surface area contributed by atoms with Crippen molar-refractivity contribution in [3.8, 4) is 0 Å². The van der Waals surface area contributed by atoms with Crippen LogP contribution < -0.4 is 5.32 Å². The summed E-state index contributed by atoms with van der Waals surface area (Å²) in [6, 6.07) is 13.4. The first kappa shape index (κ1) is 16.2. The Hall–Kier alpha value is -1.19. The number of rotatable bonds is 6. The van der Waals surface area contributed by atoms with E-state index in [9.17, 15) is 4.39 Å². The molecule has 0 aliphatic heterocycles. The van der Waals surface area contributed by atoms with Crippen LogP contribution in [-0.4, -0.2) is 13.1 Å². The molecule has 1 N–H and O–H groups in total. The second-order valence-electron chi connectivity index (χ2n) is 5.30. The van der Waals surface area contributed by atoms with Crippen LogP contribution in [0.2, 0.25) is 0 Å². The molecule has 0 bridgehead atoms. The Kier molecular flexibility index (Phi) is 5.95. The molecule has 0 radical (unpaired) electrons. The Morgan fingerprint density at radius 1 is 1.19 bits per heavy atom. The molecule has 2 aromatic carbocycles. The van der Waals surface area contributed by atoms with E-state index in [1.54, 1.807) is 12.1 Å².